The van der Waals surface area contributed by atoms with E-state index in [-0.39, 0.29) is 24.1 Å². The number of nitrogens with two attached hydrogens (primary N) is 1. The summed E-state index contributed by atoms with van der Waals surface area (Å²) in [4.78, 5) is 18.9. The van der Waals surface area contributed by atoms with Crippen LogP contribution in [0.3, 0.4) is 0 Å². The van der Waals surface area contributed by atoms with Gasteiger partial charge in [0.05, 0.1) is 5.56 Å². The van der Waals surface area contributed by atoms with Crippen molar-refractivity contribution in [1.29, 1.82) is 5.26 Å². The Hall–Kier alpha value is -3.57. The van der Waals surface area contributed by atoms with Gasteiger partial charge in [-0.05, 0) is 38.0 Å². The Kier molecular flexibility index (Phi) is 5.78. The van der Waals surface area contributed by atoms with Crippen molar-refractivity contribution in [1.82, 2.24) is 19.7 Å². The zero-order chi connectivity index (χ0) is 22.0. The van der Waals surface area contributed by atoms with Crippen LogP contribution in [0.1, 0.15) is 24.1 Å². The van der Waals surface area contributed by atoms with Crippen LogP contribution in [-0.4, -0.2) is 44.7 Å². The van der Waals surface area contributed by atoms with E-state index in [9.17, 15) is 9.18 Å². The Balaban J connectivity index is 1.70. The predicted octanol–water partition coefficient (Wildman–Crippen LogP) is 2.88. The van der Waals surface area contributed by atoms with Gasteiger partial charge in [0.2, 0.25) is 5.91 Å². The molecular formula is C23H23FN6O. The van der Waals surface area contributed by atoms with Crippen molar-refractivity contribution in [2.75, 3.05) is 13.1 Å². The number of aromatic nitrogens is 3. The first-order valence-corrected chi connectivity index (χ1v) is 10.2. The number of hydrogen-bond acceptors (Lipinski definition) is 5. The van der Waals surface area contributed by atoms with Crippen molar-refractivity contribution in [3.05, 3.63) is 59.8 Å². The second-order valence-corrected chi connectivity index (χ2v) is 7.83. The largest absolute Gasteiger partial charge is 0.340 e. The van der Waals surface area contributed by atoms with Gasteiger partial charge in [-0.2, -0.15) is 10.4 Å². The summed E-state index contributed by atoms with van der Waals surface area (Å²) in [5.41, 5.74) is 9.45. The average Bonchev–Trinajstić information content (AvgIpc) is 3.18. The van der Waals surface area contributed by atoms with Crippen molar-refractivity contribution in [2.24, 2.45) is 5.73 Å². The first kappa shape index (κ1) is 20.7. The number of benzene rings is 1. The molecule has 1 saturated heterocycles. The van der Waals surface area contributed by atoms with E-state index in [2.05, 4.69) is 10.1 Å². The van der Waals surface area contributed by atoms with E-state index < -0.39 is 5.82 Å². The van der Waals surface area contributed by atoms with Crippen LogP contribution in [0.15, 0.2) is 42.7 Å². The molecule has 0 spiro atoms. The summed E-state index contributed by atoms with van der Waals surface area (Å²) in [6.45, 7) is 3.20. The number of pyridine rings is 1. The summed E-state index contributed by atoms with van der Waals surface area (Å²) in [6.07, 6.45) is 5.32. The lowest BCUT2D eigenvalue weighted by Gasteiger charge is -2.30. The van der Waals surface area contributed by atoms with Crippen molar-refractivity contribution in [3.63, 3.8) is 0 Å². The van der Waals surface area contributed by atoms with E-state index >= 15 is 0 Å². The number of halogens is 1. The summed E-state index contributed by atoms with van der Waals surface area (Å²) in [6, 6.07) is 10.0. The summed E-state index contributed by atoms with van der Waals surface area (Å²) < 4.78 is 15.9. The fourth-order valence-corrected chi connectivity index (χ4v) is 3.78. The lowest BCUT2D eigenvalue weighted by atomic mass is 10.0. The molecule has 8 heteroatoms. The third kappa shape index (κ3) is 4.47. The molecule has 0 radical (unpaired) electrons. The molecule has 1 amide bonds. The number of amides is 1. The number of nitrogens with zero attached hydrogens (tertiary/aromatic N) is 5. The smallest absolute Gasteiger partial charge is 0.244 e. The highest BCUT2D eigenvalue weighted by molar-refractivity contribution is 5.81. The first-order valence-electron chi connectivity index (χ1n) is 10.2. The first-order chi connectivity index (χ1) is 14.9. The van der Waals surface area contributed by atoms with Gasteiger partial charge in [-0.3, -0.25) is 14.5 Å². The Morgan fingerprint density at radius 2 is 2.13 bits per heavy atom. The molecule has 7 nitrogen and oxygen atoms in total. The van der Waals surface area contributed by atoms with Gasteiger partial charge < -0.3 is 10.6 Å². The van der Waals surface area contributed by atoms with E-state index in [4.69, 9.17) is 11.0 Å². The van der Waals surface area contributed by atoms with Crippen LogP contribution in [0.4, 0.5) is 4.39 Å². The minimum atomic E-state index is -0.610. The minimum Gasteiger partial charge on any atom is -0.340 e. The molecule has 4 rings (SSSR count). The molecule has 0 bridgehead atoms. The topological polar surface area (TPSA) is 101 Å². The minimum absolute atomic E-state index is 0.00157. The van der Waals surface area contributed by atoms with Crippen molar-refractivity contribution in [3.8, 4) is 28.5 Å². The molecule has 3 heterocycles. The maximum Gasteiger partial charge on any atom is 0.244 e. The number of carbonyl (C=O) groups excluding carboxylic acids is 1. The Morgan fingerprint density at radius 1 is 1.32 bits per heavy atom. The molecular weight excluding hydrogens is 395 g/mol. The van der Waals surface area contributed by atoms with Gasteiger partial charge in [0.15, 0.2) is 0 Å². The molecule has 1 aromatic carbocycles. The zero-order valence-electron chi connectivity index (χ0n) is 17.3. The highest BCUT2D eigenvalue weighted by Crippen LogP contribution is 2.31. The van der Waals surface area contributed by atoms with Gasteiger partial charge in [-0.1, -0.05) is 12.1 Å². The molecule has 3 aromatic rings. The normalized spacial score (nSPS) is 16.2. The van der Waals surface area contributed by atoms with Crippen LogP contribution >= 0.6 is 0 Å². The van der Waals surface area contributed by atoms with Crippen LogP contribution < -0.4 is 5.73 Å². The number of aryl methyl sites for hydroxylation is 1. The van der Waals surface area contributed by atoms with E-state index in [0.717, 1.165) is 29.7 Å². The fraction of sp³-hybridized carbons (Fsp3) is 0.304. The SMILES string of the molecule is Cc1ccc(-c2cn(CC(=O)N3CCC[C@@H](N)C3)nc2-c2ccc(C#N)c(F)c2)cn1. The van der Waals surface area contributed by atoms with E-state index in [1.807, 2.05) is 25.1 Å². The molecule has 2 N–H and O–H groups in total. The van der Waals surface area contributed by atoms with Gasteiger partial charge >= 0.3 is 0 Å². The molecule has 158 valence electrons. The maximum atomic E-state index is 14.3. The second kappa shape index (κ2) is 8.66. The number of nitriles is 1. The number of hydrogen-bond donors (Lipinski definition) is 1. The highest BCUT2D eigenvalue weighted by Gasteiger charge is 2.23. The predicted molar refractivity (Wildman–Crippen MR) is 114 cm³/mol. The number of rotatable bonds is 4. The van der Waals surface area contributed by atoms with Gasteiger partial charge in [0.25, 0.3) is 0 Å². The lowest BCUT2D eigenvalue weighted by Crippen LogP contribution is -2.46. The third-order valence-electron chi connectivity index (χ3n) is 5.45. The second-order valence-electron chi connectivity index (χ2n) is 7.83. The maximum absolute atomic E-state index is 14.3. The van der Waals surface area contributed by atoms with E-state index in [1.165, 1.54) is 12.1 Å². The molecule has 1 aliphatic rings. The number of piperidine rings is 1. The number of likely N-dealkylation sites (tertiary alicyclic amines) is 1. The van der Waals surface area contributed by atoms with Gasteiger partial charge in [0.1, 0.15) is 24.1 Å². The monoisotopic (exact) mass is 418 g/mol. The molecule has 1 atom stereocenters. The molecule has 2 aromatic heterocycles. The molecule has 31 heavy (non-hydrogen) atoms. The molecule has 1 fully saturated rings. The third-order valence-corrected chi connectivity index (χ3v) is 5.45. The average molecular weight is 418 g/mol. The lowest BCUT2D eigenvalue weighted by molar-refractivity contribution is -0.133. The summed E-state index contributed by atoms with van der Waals surface area (Å²) in [5, 5.41) is 13.6. The van der Waals surface area contributed by atoms with Crippen LogP contribution in [0.2, 0.25) is 0 Å². The van der Waals surface area contributed by atoms with Crippen LogP contribution in [0, 0.1) is 24.1 Å². The molecule has 1 aliphatic heterocycles. The zero-order valence-corrected chi connectivity index (χ0v) is 17.3. The molecule has 0 saturated carbocycles. The molecule has 0 aliphatic carbocycles. The van der Waals surface area contributed by atoms with Crippen LogP contribution in [-0.2, 0) is 11.3 Å². The number of carbonyl (C=O) groups is 1. The van der Waals surface area contributed by atoms with Crippen molar-refractivity contribution in [2.45, 2.75) is 32.4 Å². The Labute approximate surface area is 179 Å². The standard InChI is InChI=1S/C23H23FN6O/c1-15-4-5-18(11-27-15)20-13-30(14-22(31)29-8-2-3-19(26)12-29)28-23(20)16-6-7-17(10-25)21(24)9-16/h4-7,9,11,13,19H,2-3,8,12,14,26H2,1H3/t19-/m1/s1. The van der Waals surface area contributed by atoms with Crippen molar-refractivity contribution < 1.29 is 9.18 Å². The Bertz CT molecular complexity index is 1150. The highest BCUT2D eigenvalue weighted by atomic mass is 19.1. The fourth-order valence-electron chi connectivity index (χ4n) is 3.78. The van der Waals surface area contributed by atoms with E-state index in [1.54, 1.807) is 28.0 Å². The van der Waals surface area contributed by atoms with E-state index in [0.29, 0.717) is 24.3 Å². The van der Waals surface area contributed by atoms with Crippen LogP contribution in [0.25, 0.3) is 22.4 Å². The van der Waals surface area contributed by atoms with Gasteiger partial charge in [-0.25, -0.2) is 4.39 Å². The summed E-state index contributed by atoms with van der Waals surface area (Å²) in [7, 11) is 0. The van der Waals surface area contributed by atoms with Crippen molar-refractivity contribution >= 4 is 5.91 Å². The van der Waals surface area contributed by atoms with Gasteiger partial charge in [0, 0.05) is 53.9 Å². The molecule has 0 unspecified atom stereocenters. The summed E-state index contributed by atoms with van der Waals surface area (Å²) in [5.74, 6) is -0.662. The van der Waals surface area contributed by atoms with Crippen LogP contribution in [0.5, 0.6) is 0 Å². The van der Waals surface area contributed by atoms with Gasteiger partial charge in [-0.15, -0.1) is 0 Å². The quantitative estimate of drug-likeness (QED) is 0.702. The summed E-state index contributed by atoms with van der Waals surface area (Å²) >= 11 is 0. The Morgan fingerprint density at radius 3 is 2.81 bits per heavy atom.